The average molecular weight is 356 g/mol. The van der Waals surface area contributed by atoms with Crippen LogP contribution in [0.1, 0.15) is 66.6 Å². The highest BCUT2D eigenvalue weighted by molar-refractivity contribution is 6.30. The van der Waals surface area contributed by atoms with Crippen molar-refractivity contribution in [3.8, 4) is 0 Å². The second-order valence-electron chi connectivity index (χ2n) is 7.45. The molecule has 1 aliphatic rings. The molecule has 0 amide bonds. The third-order valence-electron chi connectivity index (χ3n) is 5.64. The zero-order valence-electron chi connectivity index (χ0n) is 15.0. The summed E-state index contributed by atoms with van der Waals surface area (Å²) in [5.74, 6) is 1.96. The number of ketones is 1. The zero-order chi connectivity index (χ0) is 17.8. The van der Waals surface area contributed by atoms with Gasteiger partial charge in [0, 0.05) is 28.9 Å². The minimum Gasteiger partial charge on any atom is -0.294 e. The van der Waals surface area contributed by atoms with Crippen LogP contribution >= 0.6 is 11.6 Å². The minimum absolute atomic E-state index is 0.232. The van der Waals surface area contributed by atoms with Crippen LogP contribution in [0.15, 0.2) is 42.6 Å². The molecule has 1 saturated carbocycles. The Hall–Kier alpha value is -1.67. The van der Waals surface area contributed by atoms with Crippen LogP contribution in [0.5, 0.6) is 0 Å². The summed E-state index contributed by atoms with van der Waals surface area (Å²) in [7, 11) is 0. The van der Waals surface area contributed by atoms with E-state index >= 15 is 0 Å². The number of halogens is 1. The van der Waals surface area contributed by atoms with Gasteiger partial charge >= 0.3 is 0 Å². The summed E-state index contributed by atoms with van der Waals surface area (Å²) in [6, 6.07) is 11.6. The maximum atomic E-state index is 12.5. The molecule has 0 spiro atoms. The van der Waals surface area contributed by atoms with Gasteiger partial charge in [-0.15, -0.1) is 0 Å². The molecule has 1 aliphatic carbocycles. The van der Waals surface area contributed by atoms with Crippen molar-refractivity contribution < 1.29 is 4.79 Å². The van der Waals surface area contributed by atoms with Gasteiger partial charge < -0.3 is 0 Å². The molecule has 1 aromatic carbocycles. The Labute approximate surface area is 155 Å². The number of nitrogens with zero attached hydrogens (tertiary/aromatic N) is 1. The van der Waals surface area contributed by atoms with Gasteiger partial charge in [0.25, 0.3) is 0 Å². The van der Waals surface area contributed by atoms with Crippen molar-refractivity contribution >= 4 is 17.4 Å². The maximum absolute atomic E-state index is 12.5. The first-order valence-electron chi connectivity index (χ1n) is 9.24. The fourth-order valence-corrected chi connectivity index (χ4v) is 4.18. The molecule has 0 N–H and O–H groups in total. The molecule has 0 bridgehead atoms. The summed E-state index contributed by atoms with van der Waals surface area (Å²) >= 11 is 5.90. The standard InChI is InChI=1S/C22H26ClNO/c1-15(13-22(25)19-7-9-21(23)10-8-19)17-3-5-18(6-4-17)20-11-12-24-16(2)14-20/h7-12,14-15,17-18H,3-6,13H2,1-2H3/t15-,17?,18?/m1/s1. The van der Waals surface area contributed by atoms with Crippen molar-refractivity contribution in [2.24, 2.45) is 11.8 Å². The molecule has 3 heteroatoms. The largest absolute Gasteiger partial charge is 0.294 e. The number of benzene rings is 1. The zero-order valence-corrected chi connectivity index (χ0v) is 15.8. The smallest absolute Gasteiger partial charge is 0.163 e. The molecular formula is C22H26ClNO. The van der Waals surface area contributed by atoms with E-state index in [0.29, 0.717) is 29.2 Å². The van der Waals surface area contributed by atoms with Crippen LogP contribution in [0, 0.1) is 18.8 Å². The van der Waals surface area contributed by atoms with E-state index in [9.17, 15) is 4.79 Å². The Kier molecular flexibility index (Phi) is 5.90. The molecule has 0 unspecified atom stereocenters. The van der Waals surface area contributed by atoms with Crippen molar-refractivity contribution in [2.75, 3.05) is 0 Å². The molecule has 2 aromatic rings. The van der Waals surface area contributed by atoms with E-state index in [1.54, 1.807) is 12.1 Å². The van der Waals surface area contributed by atoms with Crippen LogP contribution in [0.2, 0.25) is 5.02 Å². The van der Waals surface area contributed by atoms with E-state index in [-0.39, 0.29) is 5.78 Å². The van der Waals surface area contributed by atoms with Crippen molar-refractivity contribution in [3.63, 3.8) is 0 Å². The van der Waals surface area contributed by atoms with E-state index in [4.69, 9.17) is 11.6 Å². The molecule has 2 nitrogen and oxygen atoms in total. The summed E-state index contributed by atoms with van der Waals surface area (Å²) in [5, 5.41) is 0.675. The number of aromatic nitrogens is 1. The Morgan fingerprint density at radius 2 is 1.84 bits per heavy atom. The number of hydrogen-bond acceptors (Lipinski definition) is 2. The predicted molar refractivity (Wildman–Crippen MR) is 103 cm³/mol. The Bertz CT molecular complexity index is 717. The van der Waals surface area contributed by atoms with Crippen LogP contribution in [0.4, 0.5) is 0 Å². The van der Waals surface area contributed by atoms with Gasteiger partial charge in [0.2, 0.25) is 0 Å². The van der Waals surface area contributed by atoms with Gasteiger partial charge in [-0.3, -0.25) is 9.78 Å². The van der Waals surface area contributed by atoms with Crippen LogP contribution in [-0.4, -0.2) is 10.8 Å². The van der Waals surface area contributed by atoms with Crippen LogP contribution in [0.3, 0.4) is 0 Å². The number of pyridine rings is 1. The summed E-state index contributed by atoms with van der Waals surface area (Å²) < 4.78 is 0. The van der Waals surface area contributed by atoms with Crippen molar-refractivity contribution in [3.05, 3.63) is 64.4 Å². The van der Waals surface area contributed by atoms with E-state index < -0.39 is 0 Å². The molecular weight excluding hydrogens is 330 g/mol. The van der Waals surface area contributed by atoms with Crippen molar-refractivity contribution in [1.82, 2.24) is 4.98 Å². The minimum atomic E-state index is 0.232. The lowest BCUT2D eigenvalue weighted by molar-refractivity contribution is 0.0937. The first kappa shape index (κ1) is 18.1. The van der Waals surface area contributed by atoms with Crippen molar-refractivity contribution in [1.29, 1.82) is 0 Å². The normalized spacial score (nSPS) is 21.7. The Balaban J connectivity index is 1.53. The molecule has 0 saturated heterocycles. The monoisotopic (exact) mass is 355 g/mol. The highest BCUT2D eigenvalue weighted by Crippen LogP contribution is 2.39. The van der Waals surface area contributed by atoms with Crippen LogP contribution < -0.4 is 0 Å². The third-order valence-corrected chi connectivity index (χ3v) is 5.89. The summed E-state index contributed by atoms with van der Waals surface area (Å²) in [6.07, 6.45) is 7.40. The fraction of sp³-hybridized carbons (Fsp3) is 0.455. The number of aryl methyl sites for hydroxylation is 1. The quantitative estimate of drug-likeness (QED) is 0.595. The number of carbonyl (C=O) groups is 1. The predicted octanol–water partition coefficient (Wildman–Crippen LogP) is 6.23. The van der Waals surface area contributed by atoms with Gasteiger partial charge in [-0.05, 0) is 92.3 Å². The molecule has 0 aliphatic heterocycles. The van der Waals surface area contributed by atoms with E-state index in [1.807, 2.05) is 18.3 Å². The molecule has 1 atom stereocenters. The van der Waals surface area contributed by atoms with Crippen LogP contribution in [-0.2, 0) is 0 Å². The highest BCUT2D eigenvalue weighted by Gasteiger charge is 2.27. The molecule has 1 fully saturated rings. The van der Waals surface area contributed by atoms with E-state index in [2.05, 4.69) is 31.0 Å². The van der Waals surface area contributed by atoms with Gasteiger partial charge in [-0.2, -0.15) is 0 Å². The van der Waals surface area contributed by atoms with E-state index in [1.165, 1.54) is 31.2 Å². The van der Waals surface area contributed by atoms with Gasteiger partial charge in [-0.25, -0.2) is 0 Å². The fourth-order valence-electron chi connectivity index (χ4n) is 4.06. The molecule has 0 radical (unpaired) electrons. The Morgan fingerprint density at radius 3 is 2.48 bits per heavy atom. The lowest BCUT2D eigenvalue weighted by Gasteiger charge is -2.32. The van der Waals surface area contributed by atoms with Gasteiger partial charge in [0.15, 0.2) is 5.78 Å². The number of rotatable bonds is 5. The average Bonchev–Trinajstić information content (AvgIpc) is 2.62. The van der Waals surface area contributed by atoms with Crippen LogP contribution in [0.25, 0.3) is 0 Å². The van der Waals surface area contributed by atoms with Gasteiger partial charge in [0.05, 0.1) is 0 Å². The summed E-state index contributed by atoms with van der Waals surface area (Å²) in [4.78, 5) is 16.8. The molecule has 132 valence electrons. The summed E-state index contributed by atoms with van der Waals surface area (Å²) in [5.41, 5.74) is 3.30. The van der Waals surface area contributed by atoms with Crippen molar-refractivity contribution in [2.45, 2.75) is 51.9 Å². The highest BCUT2D eigenvalue weighted by atomic mass is 35.5. The van der Waals surface area contributed by atoms with Gasteiger partial charge in [0.1, 0.15) is 0 Å². The van der Waals surface area contributed by atoms with E-state index in [0.717, 1.165) is 11.3 Å². The first-order valence-corrected chi connectivity index (χ1v) is 9.62. The number of hydrogen-bond donors (Lipinski definition) is 0. The molecule has 1 heterocycles. The first-order chi connectivity index (χ1) is 12.0. The number of carbonyl (C=O) groups excluding carboxylic acids is 1. The lowest BCUT2D eigenvalue weighted by Crippen LogP contribution is -2.21. The topological polar surface area (TPSA) is 30.0 Å². The number of Topliss-reactive ketones (excluding diaryl/α,β-unsaturated/α-hetero) is 1. The SMILES string of the molecule is Cc1cc(C2CCC([C@H](C)CC(=O)c3ccc(Cl)cc3)CC2)ccn1. The molecule has 1 aromatic heterocycles. The third kappa shape index (κ3) is 4.70. The maximum Gasteiger partial charge on any atom is 0.163 e. The summed E-state index contributed by atoms with van der Waals surface area (Å²) in [6.45, 7) is 4.29. The Morgan fingerprint density at radius 1 is 1.16 bits per heavy atom. The second kappa shape index (κ2) is 8.14. The van der Waals surface area contributed by atoms with Gasteiger partial charge in [-0.1, -0.05) is 18.5 Å². The molecule has 3 rings (SSSR count). The molecule has 25 heavy (non-hydrogen) atoms. The lowest BCUT2D eigenvalue weighted by atomic mass is 9.73. The second-order valence-corrected chi connectivity index (χ2v) is 7.89.